The summed E-state index contributed by atoms with van der Waals surface area (Å²) >= 11 is 6.86. The van der Waals surface area contributed by atoms with Gasteiger partial charge in [0.05, 0.1) is 0 Å². The summed E-state index contributed by atoms with van der Waals surface area (Å²) < 4.78 is 38.2. The zero-order chi connectivity index (χ0) is 14.8. The van der Waals surface area contributed by atoms with E-state index in [9.17, 15) is 13.2 Å². The highest BCUT2D eigenvalue weighted by Crippen LogP contribution is 2.33. The largest absolute Gasteiger partial charge is 0.433 e. The van der Waals surface area contributed by atoms with Crippen LogP contribution in [-0.4, -0.2) is 17.0 Å². The van der Waals surface area contributed by atoms with Crippen molar-refractivity contribution in [3.05, 3.63) is 41.0 Å². The van der Waals surface area contributed by atoms with Crippen molar-refractivity contribution < 1.29 is 13.2 Å². The van der Waals surface area contributed by atoms with E-state index in [-0.39, 0.29) is 11.0 Å². The molecule has 3 nitrogen and oxygen atoms in total. The SMILES string of the molecule is CNc1nc(Sc2ccc(Cl)cc2)cc(C(F)(F)F)n1. The number of aromatic nitrogens is 2. The monoisotopic (exact) mass is 319 g/mol. The number of halogens is 4. The van der Waals surface area contributed by atoms with E-state index in [1.165, 1.54) is 7.05 Å². The van der Waals surface area contributed by atoms with E-state index in [0.29, 0.717) is 5.02 Å². The minimum atomic E-state index is -4.51. The van der Waals surface area contributed by atoms with E-state index in [2.05, 4.69) is 15.3 Å². The number of hydrogen-bond acceptors (Lipinski definition) is 4. The van der Waals surface area contributed by atoms with Crippen molar-refractivity contribution in [2.24, 2.45) is 0 Å². The molecule has 20 heavy (non-hydrogen) atoms. The molecule has 2 aromatic rings. The van der Waals surface area contributed by atoms with Crippen LogP contribution in [0.25, 0.3) is 0 Å². The van der Waals surface area contributed by atoms with Gasteiger partial charge in [0.15, 0.2) is 5.69 Å². The normalized spacial score (nSPS) is 11.4. The summed E-state index contributed by atoms with van der Waals surface area (Å²) in [6, 6.07) is 7.66. The Morgan fingerprint density at radius 3 is 2.35 bits per heavy atom. The van der Waals surface area contributed by atoms with Gasteiger partial charge in [0.25, 0.3) is 0 Å². The Labute approximate surface area is 122 Å². The van der Waals surface area contributed by atoms with Crippen LogP contribution in [0.5, 0.6) is 0 Å². The van der Waals surface area contributed by atoms with Crippen LogP contribution in [-0.2, 0) is 6.18 Å². The molecule has 0 bridgehead atoms. The van der Waals surface area contributed by atoms with Gasteiger partial charge in [-0.25, -0.2) is 9.97 Å². The first-order chi connectivity index (χ1) is 9.38. The zero-order valence-corrected chi connectivity index (χ0v) is 11.8. The molecule has 0 atom stereocenters. The van der Waals surface area contributed by atoms with Crippen molar-refractivity contribution in [2.75, 3.05) is 12.4 Å². The van der Waals surface area contributed by atoms with Crippen LogP contribution < -0.4 is 5.32 Å². The lowest BCUT2D eigenvalue weighted by Gasteiger charge is -2.09. The lowest BCUT2D eigenvalue weighted by atomic mass is 10.4. The standard InChI is InChI=1S/C12H9ClF3N3S/c1-17-11-18-9(12(14,15)16)6-10(19-11)20-8-4-2-7(13)3-5-8/h2-6H,1H3,(H,17,18,19). The van der Waals surface area contributed by atoms with Gasteiger partial charge in [-0.15, -0.1) is 0 Å². The van der Waals surface area contributed by atoms with Crippen molar-refractivity contribution in [1.82, 2.24) is 9.97 Å². The lowest BCUT2D eigenvalue weighted by Crippen LogP contribution is -2.11. The first-order valence-corrected chi connectivity index (χ1v) is 6.65. The van der Waals surface area contributed by atoms with Gasteiger partial charge in [-0.1, -0.05) is 23.4 Å². The smallest absolute Gasteiger partial charge is 0.357 e. The highest BCUT2D eigenvalue weighted by molar-refractivity contribution is 7.99. The van der Waals surface area contributed by atoms with Gasteiger partial charge in [-0.05, 0) is 24.3 Å². The Hall–Kier alpha value is -1.47. The van der Waals surface area contributed by atoms with Crippen molar-refractivity contribution in [3.8, 4) is 0 Å². The molecule has 0 fully saturated rings. The molecule has 106 valence electrons. The highest BCUT2D eigenvalue weighted by Gasteiger charge is 2.33. The van der Waals surface area contributed by atoms with E-state index in [1.54, 1.807) is 24.3 Å². The summed E-state index contributed by atoms with van der Waals surface area (Å²) in [4.78, 5) is 8.13. The number of benzene rings is 1. The van der Waals surface area contributed by atoms with Gasteiger partial charge in [-0.2, -0.15) is 13.2 Å². The highest BCUT2D eigenvalue weighted by atomic mass is 35.5. The Morgan fingerprint density at radius 1 is 1.15 bits per heavy atom. The van der Waals surface area contributed by atoms with E-state index in [4.69, 9.17) is 11.6 Å². The first-order valence-electron chi connectivity index (χ1n) is 5.46. The van der Waals surface area contributed by atoms with E-state index < -0.39 is 11.9 Å². The molecular weight excluding hydrogens is 311 g/mol. The molecule has 0 saturated heterocycles. The third-order valence-corrected chi connectivity index (χ3v) is 3.43. The van der Waals surface area contributed by atoms with Crippen LogP contribution >= 0.6 is 23.4 Å². The molecule has 1 aromatic carbocycles. The van der Waals surface area contributed by atoms with Crippen LogP contribution in [0, 0.1) is 0 Å². The van der Waals surface area contributed by atoms with Crippen LogP contribution in [0.2, 0.25) is 5.02 Å². The molecule has 0 aliphatic rings. The fourth-order valence-electron chi connectivity index (χ4n) is 1.36. The van der Waals surface area contributed by atoms with Crippen molar-refractivity contribution in [3.63, 3.8) is 0 Å². The molecule has 0 saturated carbocycles. The summed E-state index contributed by atoms with van der Waals surface area (Å²) in [5.41, 5.74) is -0.978. The fraction of sp³-hybridized carbons (Fsp3) is 0.167. The Morgan fingerprint density at radius 2 is 1.80 bits per heavy atom. The zero-order valence-electron chi connectivity index (χ0n) is 10.2. The predicted molar refractivity (Wildman–Crippen MR) is 72.2 cm³/mol. The number of anilines is 1. The van der Waals surface area contributed by atoms with E-state index >= 15 is 0 Å². The van der Waals surface area contributed by atoms with Gasteiger partial charge >= 0.3 is 6.18 Å². The minimum Gasteiger partial charge on any atom is -0.357 e. The maximum absolute atomic E-state index is 12.7. The van der Waals surface area contributed by atoms with E-state index in [0.717, 1.165) is 22.7 Å². The molecule has 1 heterocycles. The van der Waals surface area contributed by atoms with E-state index in [1.807, 2.05) is 0 Å². The van der Waals surface area contributed by atoms with Crippen molar-refractivity contribution in [2.45, 2.75) is 16.1 Å². The van der Waals surface area contributed by atoms with Crippen LogP contribution in [0.3, 0.4) is 0 Å². The summed E-state index contributed by atoms with van der Waals surface area (Å²) in [7, 11) is 1.46. The predicted octanol–water partition coefficient (Wildman–Crippen LogP) is 4.34. The number of hydrogen-bond donors (Lipinski definition) is 1. The Bertz CT molecular complexity index is 602. The minimum absolute atomic E-state index is 0.0729. The number of alkyl halides is 3. The van der Waals surface area contributed by atoms with Crippen LogP contribution in [0.15, 0.2) is 40.3 Å². The second-order valence-corrected chi connectivity index (χ2v) is 5.25. The molecular formula is C12H9ClF3N3S. The molecule has 2 rings (SSSR count). The second-order valence-electron chi connectivity index (χ2n) is 3.72. The quantitative estimate of drug-likeness (QED) is 0.854. The molecule has 0 unspecified atom stereocenters. The Balaban J connectivity index is 2.33. The van der Waals surface area contributed by atoms with Crippen molar-refractivity contribution >= 4 is 29.3 Å². The molecule has 0 aliphatic carbocycles. The van der Waals surface area contributed by atoms with Crippen molar-refractivity contribution in [1.29, 1.82) is 0 Å². The summed E-state index contributed by atoms with van der Waals surface area (Å²) in [6.45, 7) is 0. The molecule has 0 spiro atoms. The third-order valence-electron chi connectivity index (χ3n) is 2.25. The molecule has 0 radical (unpaired) electrons. The average molecular weight is 320 g/mol. The maximum Gasteiger partial charge on any atom is 0.433 e. The molecule has 1 N–H and O–H groups in total. The molecule has 0 aliphatic heterocycles. The van der Waals surface area contributed by atoms with Gasteiger partial charge in [0.2, 0.25) is 5.95 Å². The first kappa shape index (κ1) is 14.9. The average Bonchev–Trinajstić information content (AvgIpc) is 2.40. The fourth-order valence-corrected chi connectivity index (χ4v) is 2.30. The second kappa shape index (κ2) is 5.88. The molecule has 1 aromatic heterocycles. The van der Waals surface area contributed by atoms with Gasteiger partial charge in [0, 0.05) is 23.0 Å². The number of rotatable bonds is 3. The van der Waals surface area contributed by atoms with Gasteiger partial charge in [-0.3, -0.25) is 0 Å². The summed E-state index contributed by atoms with van der Waals surface area (Å²) in [5.74, 6) is -0.0729. The van der Waals surface area contributed by atoms with Crippen LogP contribution in [0.4, 0.5) is 19.1 Å². The summed E-state index contributed by atoms with van der Waals surface area (Å²) in [5, 5.41) is 3.28. The Kier molecular flexibility index (Phi) is 4.39. The van der Waals surface area contributed by atoms with Crippen LogP contribution in [0.1, 0.15) is 5.69 Å². The molecule has 0 amide bonds. The lowest BCUT2D eigenvalue weighted by molar-refractivity contribution is -0.141. The number of nitrogens with zero attached hydrogens (tertiary/aromatic N) is 2. The van der Waals surface area contributed by atoms with Gasteiger partial charge < -0.3 is 5.32 Å². The number of nitrogens with one attached hydrogen (secondary N) is 1. The summed E-state index contributed by atoms with van der Waals surface area (Å²) in [6.07, 6.45) is -4.51. The topological polar surface area (TPSA) is 37.8 Å². The van der Waals surface area contributed by atoms with Gasteiger partial charge in [0.1, 0.15) is 5.03 Å². The third kappa shape index (κ3) is 3.77. The maximum atomic E-state index is 12.7. The molecule has 8 heteroatoms.